The van der Waals surface area contributed by atoms with Gasteiger partial charge in [-0.25, -0.2) is 0 Å². The summed E-state index contributed by atoms with van der Waals surface area (Å²) in [6.45, 7) is 5.10. The first-order valence-corrected chi connectivity index (χ1v) is 9.29. The molecule has 1 amide bonds. The van der Waals surface area contributed by atoms with Crippen LogP contribution in [0.1, 0.15) is 25.8 Å². The van der Waals surface area contributed by atoms with Gasteiger partial charge in [-0.05, 0) is 55.3 Å². The van der Waals surface area contributed by atoms with E-state index in [-0.39, 0.29) is 11.2 Å². The molecule has 0 aliphatic carbocycles. The molecule has 1 N–H and O–H groups in total. The highest BCUT2D eigenvalue weighted by Crippen LogP contribution is 2.27. The van der Waals surface area contributed by atoms with Crippen molar-refractivity contribution in [3.8, 4) is 5.75 Å². The number of halogens is 1. The van der Waals surface area contributed by atoms with E-state index < -0.39 is 0 Å². The summed E-state index contributed by atoms with van der Waals surface area (Å²) in [5, 5.41) is 3.59. The number of hydrogen-bond acceptors (Lipinski definition) is 3. The van der Waals surface area contributed by atoms with Crippen LogP contribution in [0, 0.1) is 0 Å². The highest BCUT2D eigenvalue weighted by atomic mass is 35.5. The minimum Gasteiger partial charge on any atom is -0.494 e. The summed E-state index contributed by atoms with van der Waals surface area (Å²) < 4.78 is 5.48. The lowest BCUT2D eigenvalue weighted by atomic mass is 10.2. The molecule has 0 aromatic heterocycles. The number of carbonyl (C=O) groups is 1. The molecule has 0 aliphatic heterocycles. The van der Waals surface area contributed by atoms with Gasteiger partial charge in [-0.2, -0.15) is 0 Å². The number of thioether (sulfide) groups is 1. The second-order valence-corrected chi connectivity index (χ2v) is 6.98. The van der Waals surface area contributed by atoms with Crippen LogP contribution in [-0.4, -0.2) is 17.8 Å². The summed E-state index contributed by atoms with van der Waals surface area (Å²) in [5.74, 6) is 0.867. The molecule has 128 valence electrons. The Morgan fingerprint density at radius 1 is 1.21 bits per heavy atom. The first kappa shape index (κ1) is 18.7. The zero-order chi connectivity index (χ0) is 17.4. The first-order chi connectivity index (χ1) is 11.6. The van der Waals surface area contributed by atoms with Crippen LogP contribution in [0.15, 0.2) is 53.4 Å². The van der Waals surface area contributed by atoms with E-state index in [0.717, 1.165) is 22.6 Å². The molecule has 2 aromatic carbocycles. The molecule has 2 aromatic rings. The maximum atomic E-state index is 12.4. The molecule has 0 saturated heterocycles. The molecular weight excluding hydrogens is 342 g/mol. The molecule has 5 heteroatoms. The molecule has 0 saturated carbocycles. The third-order valence-corrected chi connectivity index (χ3v) is 5.06. The van der Waals surface area contributed by atoms with Crippen molar-refractivity contribution in [2.75, 3.05) is 6.61 Å². The molecule has 0 aliphatic rings. The van der Waals surface area contributed by atoms with Gasteiger partial charge in [0, 0.05) is 16.5 Å². The normalized spacial score (nSPS) is 11.8. The second kappa shape index (κ2) is 9.60. The molecule has 0 fully saturated rings. The standard InChI is InChI=1S/C19H22ClNO2S/c1-3-18(24-17-10-8-15(20)9-11-17)19(22)21-13-14-6-5-7-16(12-14)23-4-2/h5-12,18H,3-4,13H2,1-2H3,(H,21,22). The van der Waals surface area contributed by atoms with Gasteiger partial charge in [0.2, 0.25) is 5.91 Å². The van der Waals surface area contributed by atoms with Crippen LogP contribution in [0.5, 0.6) is 5.75 Å². The number of rotatable bonds is 8. The van der Waals surface area contributed by atoms with Crippen molar-refractivity contribution in [2.45, 2.75) is 37.0 Å². The van der Waals surface area contributed by atoms with Crippen molar-refractivity contribution in [3.05, 3.63) is 59.1 Å². The van der Waals surface area contributed by atoms with Crippen molar-refractivity contribution in [1.29, 1.82) is 0 Å². The maximum Gasteiger partial charge on any atom is 0.233 e. The molecule has 0 spiro atoms. The van der Waals surface area contributed by atoms with Crippen LogP contribution in [0.3, 0.4) is 0 Å². The van der Waals surface area contributed by atoms with E-state index in [1.807, 2.05) is 62.4 Å². The summed E-state index contributed by atoms with van der Waals surface area (Å²) in [4.78, 5) is 13.5. The molecule has 3 nitrogen and oxygen atoms in total. The van der Waals surface area contributed by atoms with E-state index in [2.05, 4.69) is 5.32 Å². The molecule has 0 bridgehead atoms. The number of hydrogen-bond donors (Lipinski definition) is 1. The van der Waals surface area contributed by atoms with Gasteiger partial charge < -0.3 is 10.1 Å². The summed E-state index contributed by atoms with van der Waals surface area (Å²) in [6, 6.07) is 15.4. The van der Waals surface area contributed by atoms with Gasteiger partial charge in [-0.15, -0.1) is 11.8 Å². The molecule has 0 heterocycles. The number of ether oxygens (including phenoxy) is 1. The van der Waals surface area contributed by atoms with Crippen LogP contribution in [-0.2, 0) is 11.3 Å². The minimum atomic E-state index is -0.124. The molecule has 2 rings (SSSR count). The third kappa shape index (κ3) is 5.77. The largest absolute Gasteiger partial charge is 0.494 e. The van der Waals surface area contributed by atoms with E-state index in [9.17, 15) is 4.79 Å². The molecule has 1 unspecified atom stereocenters. The predicted molar refractivity (Wildman–Crippen MR) is 101 cm³/mol. The van der Waals surface area contributed by atoms with Crippen molar-refractivity contribution >= 4 is 29.3 Å². The quantitative estimate of drug-likeness (QED) is 0.676. The van der Waals surface area contributed by atoms with E-state index in [1.165, 1.54) is 0 Å². The van der Waals surface area contributed by atoms with Gasteiger partial charge in [-0.3, -0.25) is 4.79 Å². The van der Waals surface area contributed by atoms with Crippen molar-refractivity contribution in [1.82, 2.24) is 5.32 Å². The smallest absolute Gasteiger partial charge is 0.233 e. The highest BCUT2D eigenvalue weighted by Gasteiger charge is 2.17. The zero-order valence-corrected chi connectivity index (χ0v) is 15.5. The molecule has 0 radical (unpaired) electrons. The fraction of sp³-hybridized carbons (Fsp3) is 0.316. The summed E-state index contributed by atoms with van der Waals surface area (Å²) in [6.07, 6.45) is 0.762. The van der Waals surface area contributed by atoms with Crippen LogP contribution >= 0.6 is 23.4 Å². The Morgan fingerprint density at radius 3 is 2.62 bits per heavy atom. The maximum absolute atomic E-state index is 12.4. The predicted octanol–water partition coefficient (Wildman–Crippen LogP) is 4.93. The van der Waals surface area contributed by atoms with E-state index in [0.29, 0.717) is 18.2 Å². The SMILES string of the molecule is CCOc1cccc(CNC(=O)C(CC)Sc2ccc(Cl)cc2)c1. The van der Waals surface area contributed by atoms with Gasteiger partial charge >= 0.3 is 0 Å². The lowest BCUT2D eigenvalue weighted by molar-refractivity contribution is -0.120. The van der Waals surface area contributed by atoms with Crippen LogP contribution in [0.4, 0.5) is 0 Å². The van der Waals surface area contributed by atoms with Crippen LogP contribution in [0.2, 0.25) is 5.02 Å². The van der Waals surface area contributed by atoms with Gasteiger partial charge in [0.15, 0.2) is 0 Å². The second-order valence-electron chi connectivity index (χ2n) is 5.27. The Labute approximate surface area is 152 Å². The highest BCUT2D eigenvalue weighted by molar-refractivity contribution is 8.00. The van der Waals surface area contributed by atoms with Crippen molar-refractivity contribution in [3.63, 3.8) is 0 Å². The first-order valence-electron chi connectivity index (χ1n) is 8.04. The molecule has 24 heavy (non-hydrogen) atoms. The lowest BCUT2D eigenvalue weighted by Gasteiger charge is -2.15. The Kier molecular flexibility index (Phi) is 7.47. The Bertz CT molecular complexity index is 661. The Hall–Kier alpha value is -1.65. The Balaban J connectivity index is 1.91. The zero-order valence-electron chi connectivity index (χ0n) is 13.9. The molecular formula is C19H22ClNO2S. The van der Waals surface area contributed by atoms with Gasteiger partial charge in [-0.1, -0.05) is 30.7 Å². The monoisotopic (exact) mass is 363 g/mol. The number of benzene rings is 2. The number of amides is 1. The third-order valence-electron chi connectivity index (χ3n) is 3.43. The topological polar surface area (TPSA) is 38.3 Å². The number of nitrogens with one attached hydrogen (secondary N) is 1. The molecule has 1 atom stereocenters. The lowest BCUT2D eigenvalue weighted by Crippen LogP contribution is -2.31. The Morgan fingerprint density at radius 2 is 1.96 bits per heavy atom. The van der Waals surface area contributed by atoms with E-state index >= 15 is 0 Å². The van der Waals surface area contributed by atoms with E-state index in [1.54, 1.807) is 11.8 Å². The average molecular weight is 364 g/mol. The minimum absolute atomic E-state index is 0.0410. The van der Waals surface area contributed by atoms with Gasteiger partial charge in [0.25, 0.3) is 0 Å². The summed E-state index contributed by atoms with van der Waals surface area (Å²) in [7, 11) is 0. The average Bonchev–Trinajstić information content (AvgIpc) is 2.60. The van der Waals surface area contributed by atoms with Crippen molar-refractivity contribution < 1.29 is 9.53 Å². The van der Waals surface area contributed by atoms with E-state index in [4.69, 9.17) is 16.3 Å². The summed E-state index contributed by atoms with van der Waals surface area (Å²) in [5.41, 5.74) is 1.03. The fourth-order valence-electron chi connectivity index (χ4n) is 2.21. The van der Waals surface area contributed by atoms with Crippen LogP contribution < -0.4 is 10.1 Å². The van der Waals surface area contributed by atoms with Crippen molar-refractivity contribution in [2.24, 2.45) is 0 Å². The summed E-state index contributed by atoms with van der Waals surface area (Å²) >= 11 is 7.46. The number of carbonyl (C=O) groups excluding carboxylic acids is 1. The van der Waals surface area contributed by atoms with Gasteiger partial charge in [0.1, 0.15) is 5.75 Å². The van der Waals surface area contributed by atoms with Gasteiger partial charge in [0.05, 0.1) is 11.9 Å². The van der Waals surface area contributed by atoms with Crippen LogP contribution in [0.25, 0.3) is 0 Å². The fourth-order valence-corrected chi connectivity index (χ4v) is 3.32.